The lowest BCUT2D eigenvalue weighted by Crippen LogP contribution is -2.14. The van der Waals surface area contributed by atoms with Crippen molar-refractivity contribution in [2.75, 3.05) is 11.1 Å². The Morgan fingerprint density at radius 2 is 2.16 bits per heavy atom. The lowest BCUT2D eigenvalue weighted by molar-refractivity contribution is 0.102. The zero-order valence-electron chi connectivity index (χ0n) is 10.8. The van der Waals surface area contributed by atoms with Crippen LogP contribution in [-0.2, 0) is 19.9 Å². The highest BCUT2D eigenvalue weighted by Crippen LogP contribution is 2.25. The van der Waals surface area contributed by atoms with E-state index in [1.807, 2.05) is 12.1 Å². The molecule has 1 aliphatic carbocycles. The van der Waals surface area contributed by atoms with Crippen LogP contribution < -0.4 is 11.1 Å². The number of nitrogens with zero attached hydrogens (tertiary/aromatic N) is 2. The molecule has 98 valence electrons. The van der Waals surface area contributed by atoms with Gasteiger partial charge in [0.05, 0.1) is 6.20 Å². The maximum Gasteiger partial charge on any atom is 0.261 e. The van der Waals surface area contributed by atoms with Crippen LogP contribution in [0.25, 0.3) is 0 Å². The lowest BCUT2D eigenvalue weighted by atomic mass is 10.1. The van der Waals surface area contributed by atoms with Gasteiger partial charge >= 0.3 is 0 Å². The first-order valence-electron chi connectivity index (χ1n) is 6.36. The molecule has 1 heterocycles. The minimum atomic E-state index is -0.219. The smallest absolute Gasteiger partial charge is 0.261 e. The quantitative estimate of drug-likeness (QED) is 0.859. The lowest BCUT2D eigenvalue weighted by Gasteiger charge is -2.07. The van der Waals surface area contributed by atoms with E-state index in [2.05, 4.69) is 16.5 Å². The Balaban J connectivity index is 1.82. The van der Waals surface area contributed by atoms with E-state index in [1.165, 1.54) is 28.4 Å². The Hall–Kier alpha value is -2.30. The van der Waals surface area contributed by atoms with Crippen LogP contribution in [0, 0.1) is 0 Å². The monoisotopic (exact) mass is 256 g/mol. The molecule has 1 aliphatic rings. The van der Waals surface area contributed by atoms with E-state index in [-0.39, 0.29) is 5.91 Å². The molecule has 0 radical (unpaired) electrons. The van der Waals surface area contributed by atoms with E-state index in [0.29, 0.717) is 11.4 Å². The summed E-state index contributed by atoms with van der Waals surface area (Å²) >= 11 is 0. The van der Waals surface area contributed by atoms with Crippen LogP contribution in [0.2, 0.25) is 0 Å². The number of fused-ring (bicyclic) bond motifs is 1. The number of hydrogen-bond donors (Lipinski definition) is 2. The van der Waals surface area contributed by atoms with Gasteiger partial charge in [0.2, 0.25) is 0 Å². The first-order chi connectivity index (χ1) is 9.15. The third-order valence-corrected chi connectivity index (χ3v) is 3.59. The number of nitrogens with two attached hydrogens (primary N) is 1. The van der Waals surface area contributed by atoms with Gasteiger partial charge in [0.15, 0.2) is 0 Å². The summed E-state index contributed by atoms with van der Waals surface area (Å²) in [5, 5.41) is 6.84. The van der Waals surface area contributed by atoms with Crippen molar-refractivity contribution in [1.82, 2.24) is 9.78 Å². The fourth-order valence-corrected chi connectivity index (χ4v) is 2.47. The van der Waals surface area contributed by atoms with Gasteiger partial charge in [-0.25, -0.2) is 0 Å². The fourth-order valence-electron chi connectivity index (χ4n) is 2.47. The molecule has 0 saturated heterocycles. The van der Waals surface area contributed by atoms with Crippen molar-refractivity contribution < 1.29 is 4.79 Å². The van der Waals surface area contributed by atoms with E-state index < -0.39 is 0 Å². The molecule has 5 nitrogen and oxygen atoms in total. The zero-order valence-corrected chi connectivity index (χ0v) is 10.8. The number of aromatic nitrogens is 2. The average Bonchev–Trinajstić information content (AvgIpc) is 2.97. The number of carbonyl (C=O) groups excluding carboxylic acids is 1. The molecule has 5 heteroatoms. The number of nitrogen functional groups attached to an aromatic ring is 1. The number of benzene rings is 1. The normalized spacial score (nSPS) is 13.3. The van der Waals surface area contributed by atoms with Gasteiger partial charge in [0, 0.05) is 12.7 Å². The van der Waals surface area contributed by atoms with Crippen LogP contribution in [0.15, 0.2) is 24.4 Å². The summed E-state index contributed by atoms with van der Waals surface area (Å²) in [6.07, 6.45) is 4.91. The minimum absolute atomic E-state index is 0.219. The van der Waals surface area contributed by atoms with E-state index >= 15 is 0 Å². The summed E-state index contributed by atoms with van der Waals surface area (Å²) in [5.41, 5.74) is 9.72. The van der Waals surface area contributed by atoms with Crippen molar-refractivity contribution in [3.63, 3.8) is 0 Å². The molecule has 0 fully saturated rings. The van der Waals surface area contributed by atoms with Crippen molar-refractivity contribution in [3.05, 3.63) is 41.1 Å². The molecule has 0 aliphatic heterocycles. The molecule has 3 N–H and O–H groups in total. The maximum absolute atomic E-state index is 12.1. The molecular formula is C14H16N4O. The van der Waals surface area contributed by atoms with Crippen LogP contribution >= 0.6 is 0 Å². The molecule has 0 bridgehead atoms. The largest absolute Gasteiger partial charge is 0.383 e. The number of anilines is 2. The zero-order chi connectivity index (χ0) is 13.4. The highest BCUT2D eigenvalue weighted by molar-refractivity contribution is 6.07. The second-order valence-electron chi connectivity index (χ2n) is 4.86. The van der Waals surface area contributed by atoms with Crippen molar-refractivity contribution >= 4 is 17.4 Å². The van der Waals surface area contributed by atoms with Crippen LogP contribution in [0.4, 0.5) is 11.5 Å². The Morgan fingerprint density at radius 1 is 1.37 bits per heavy atom. The van der Waals surface area contributed by atoms with Crippen LogP contribution in [0.5, 0.6) is 0 Å². The van der Waals surface area contributed by atoms with Gasteiger partial charge in [-0.3, -0.25) is 9.48 Å². The summed E-state index contributed by atoms with van der Waals surface area (Å²) in [6, 6.07) is 6.08. The number of nitrogens with one attached hydrogen (secondary N) is 1. The number of aryl methyl sites for hydroxylation is 3. The molecular weight excluding hydrogens is 240 g/mol. The van der Waals surface area contributed by atoms with E-state index in [1.54, 1.807) is 7.05 Å². The first kappa shape index (κ1) is 11.8. The van der Waals surface area contributed by atoms with Crippen molar-refractivity contribution in [1.29, 1.82) is 0 Å². The second-order valence-corrected chi connectivity index (χ2v) is 4.86. The summed E-state index contributed by atoms with van der Waals surface area (Å²) in [7, 11) is 1.71. The summed E-state index contributed by atoms with van der Waals surface area (Å²) < 4.78 is 1.48. The van der Waals surface area contributed by atoms with E-state index in [9.17, 15) is 4.79 Å². The predicted molar refractivity (Wildman–Crippen MR) is 74.0 cm³/mol. The molecule has 1 aromatic carbocycles. The topological polar surface area (TPSA) is 72.9 Å². The van der Waals surface area contributed by atoms with Gasteiger partial charge in [-0.05, 0) is 42.5 Å². The Morgan fingerprint density at radius 3 is 2.89 bits per heavy atom. The van der Waals surface area contributed by atoms with Gasteiger partial charge < -0.3 is 11.1 Å². The molecule has 0 spiro atoms. The van der Waals surface area contributed by atoms with Gasteiger partial charge in [0.25, 0.3) is 5.91 Å². The van der Waals surface area contributed by atoms with Gasteiger partial charge in [-0.15, -0.1) is 0 Å². The number of carbonyl (C=O) groups is 1. The molecule has 1 amide bonds. The third kappa shape index (κ3) is 2.07. The SMILES string of the molecule is Cn1ncc(C(=O)Nc2ccc3c(c2)CCC3)c1N. The van der Waals surface area contributed by atoms with Gasteiger partial charge in [-0.1, -0.05) is 6.07 Å². The Kier molecular flexibility index (Phi) is 2.74. The van der Waals surface area contributed by atoms with Crippen LogP contribution in [0.1, 0.15) is 27.9 Å². The van der Waals surface area contributed by atoms with E-state index in [4.69, 9.17) is 5.73 Å². The predicted octanol–water partition coefficient (Wildman–Crippen LogP) is 1.74. The molecule has 0 saturated carbocycles. The van der Waals surface area contributed by atoms with Gasteiger partial charge in [0.1, 0.15) is 11.4 Å². The number of rotatable bonds is 2. The first-order valence-corrected chi connectivity index (χ1v) is 6.36. The molecule has 0 unspecified atom stereocenters. The van der Waals surface area contributed by atoms with E-state index in [0.717, 1.165) is 18.5 Å². The molecule has 2 aromatic rings. The van der Waals surface area contributed by atoms with Crippen LogP contribution in [0.3, 0.4) is 0 Å². The standard InChI is InChI=1S/C14H16N4O/c1-18-13(15)12(8-16-18)14(19)17-11-6-5-9-3-2-4-10(9)7-11/h5-8H,2-4,15H2,1H3,(H,17,19). The fraction of sp³-hybridized carbons (Fsp3) is 0.286. The third-order valence-electron chi connectivity index (χ3n) is 3.59. The second kappa shape index (κ2) is 4.42. The average molecular weight is 256 g/mol. The number of hydrogen-bond acceptors (Lipinski definition) is 3. The molecule has 1 aromatic heterocycles. The maximum atomic E-state index is 12.1. The molecule has 3 rings (SSSR count). The van der Waals surface area contributed by atoms with Crippen molar-refractivity contribution in [3.8, 4) is 0 Å². The molecule has 19 heavy (non-hydrogen) atoms. The summed E-state index contributed by atoms with van der Waals surface area (Å²) in [6.45, 7) is 0. The highest BCUT2D eigenvalue weighted by Gasteiger charge is 2.15. The van der Waals surface area contributed by atoms with Crippen LogP contribution in [-0.4, -0.2) is 15.7 Å². The summed E-state index contributed by atoms with van der Waals surface area (Å²) in [5.74, 6) is 0.155. The van der Waals surface area contributed by atoms with Gasteiger partial charge in [-0.2, -0.15) is 5.10 Å². The highest BCUT2D eigenvalue weighted by atomic mass is 16.1. The van der Waals surface area contributed by atoms with Crippen molar-refractivity contribution in [2.24, 2.45) is 7.05 Å². The Labute approximate surface area is 111 Å². The minimum Gasteiger partial charge on any atom is -0.383 e. The summed E-state index contributed by atoms with van der Waals surface area (Å²) in [4.78, 5) is 12.1. The Bertz CT molecular complexity index is 645. The van der Waals surface area contributed by atoms with Crippen molar-refractivity contribution in [2.45, 2.75) is 19.3 Å². The number of amides is 1. The molecule has 0 atom stereocenters.